The van der Waals surface area contributed by atoms with Crippen molar-refractivity contribution < 1.29 is 0 Å². The highest BCUT2D eigenvalue weighted by molar-refractivity contribution is 5.23. The summed E-state index contributed by atoms with van der Waals surface area (Å²) in [5.41, 5.74) is 2.88. The van der Waals surface area contributed by atoms with Crippen LogP contribution in [0.3, 0.4) is 0 Å². The molecule has 0 radical (unpaired) electrons. The summed E-state index contributed by atoms with van der Waals surface area (Å²) in [6.07, 6.45) is 4.11. The van der Waals surface area contributed by atoms with Gasteiger partial charge in [-0.05, 0) is 55.4 Å². The van der Waals surface area contributed by atoms with Crippen molar-refractivity contribution in [3.8, 4) is 0 Å². The molecule has 1 saturated heterocycles. The Morgan fingerprint density at radius 1 is 1.19 bits per heavy atom. The zero-order valence-corrected chi connectivity index (χ0v) is 14.1. The average molecular weight is 288 g/mol. The number of nitrogens with one attached hydrogen (secondary N) is 1. The summed E-state index contributed by atoms with van der Waals surface area (Å²) in [4.78, 5) is 2.62. The van der Waals surface area contributed by atoms with E-state index in [4.69, 9.17) is 0 Å². The summed E-state index contributed by atoms with van der Waals surface area (Å²) in [7, 11) is 0. The highest BCUT2D eigenvalue weighted by Gasteiger charge is 2.17. The van der Waals surface area contributed by atoms with E-state index in [-0.39, 0.29) is 0 Å². The molecule has 0 saturated carbocycles. The Balaban J connectivity index is 1.81. The molecule has 1 aromatic carbocycles. The molecule has 0 aromatic heterocycles. The Morgan fingerprint density at radius 2 is 1.90 bits per heavy atom. The van der Waals surface area contributed by atoms with Crippen molar-refractivity contribution in [1.29, 1.82) is 0 Å². The van der Waals surface area contributed by atoms with Crippen LogP contribution in [0.5, 0.6) is 0 Å². The van der Waals surface area contributed by atoms with Gasteiger partial charge < -0.3 is 5.32 Å². The van der Waals surface area contributed by atoms with Crippen LogP contribution in [-0.2, 0) is 13.1 Å². The van der Waals surface area contributed by atoms with Gasteiger partial charge in [-0.2, -0.15) is 0 Å². The van der Waals surface area contributed by atoms with Crippen LogP contribution in [-0.4, -0.2) is 24.5 Å². The minimum absolute atomic E-state index is 0.716. The third kappa shape index (κ3) is 5.80. The van der Waals surface area contributed by atoms with Crippen molar-refractivity contribution in [1.82, 2.24) is 10.2 Å². The average Bonchev–Trinajstić information content (AvgIpc) is 2.48. The summed E-state index contributed by atoms with van der Waals surface area (Å²) in [6, 6.07) is 9.09. The van der Waals surface area contributed by atoms with Crippen molar-refractivity contribution in [2.24, 2.45) is 11.8 Å². The lowest BCUT2D eigenvalue weighted by molar-refractivity contribution is 0.175. The number of nitrogens with zero attached hydrogens (tertiary/aromatic N) is 1. The van der Waals surface area contributed by atoms with Crippen LogP contribution in [0.15, 0.2) is 24.3 Å². The quantitative estimate of drug-likeness (QED) is 0.814. The first kappa shape index (κ1) is 16.5. The lowest BCUT2D eigenvalue weighted by atomic mass is 9.94. The van der Waals surface area contributed by atoms with Crippen molar-refractivity contribution in [2.75, 3.05) is 19.6 Å². The normalized spacial score (nSPS) is 17.5. The van der Waals surface area contributed by atoms with Gasteiger partial charge in [0.25, 0.3) is 0 Å². The largest absolute Gasteiger partial charge is 0.312 e. The van der Waals surface area contributed by atoms with Gasteiger partial charge in [-0.1, -0.05) is 51.5 Å². The molecule has 1 aromatic rings. The molecule has 2 nitrogen and oxygen atoms in total. The van der Waals surface area contributed by atoms with Gasteiger partial charge in [0, 0.05) is 13.1 Å². The molecule has 2 rings (SSSR count). The minimum atomic E-state index is 0.716. The van der Waals surface area contributed by atoms with Crippen molar-refractivity contribution >= 4 is 0 Å². The smallest absolute Gasteiger partial charge is 0.0233 e. The van der Waals surface area contributed by atoms with E-state index in [9.17, 15) is 0 Å². The van der Waals surface area contributed by atoms with E-state index in [0.29, 0.717) is 5.92 Å². The molecule has 1 fully saturated rings. The van der Waals surface area contributed by atoms with E-state index >= 15 is 0 Å². The lowest BCUT2D eigenvalue weighted by Gasteiger charge is -2.31. The van der Waals surface area contributed by atoms with Gasteiger partial charge in [-0.15, -0.1) is 0 Å². The van der Waals surface area contributed by atoms with E-state index < -0.39 is 0 Å². The predicted octanol–water partition coefficient (Wildman–Crippen LogP) is 4.05. The maximum absolute atomic E-state index is 3.53. The van der Waals surface area contributed by atoms with E-state index in [1.54, 1.807) is 0 Å². The third-order valence-electron chi connectivity index (χ3n) is 4.56. The SMILES string of the molecule is CCC1CCN(Cc2cccc(CNCC(C)C)c2)CC1. The molecule has 1 aliphatic rings. The van der Waals surface area contributed by atoms with Crippen molar-refractivity contribution in [2.45, 2.75) is 53.1 Å². The minimum Gasteiger partial charge on any atom is -0.312 e. The highest BCUT2D eigenvalue weighted by Crippen LogP contribution is 2.21. The summed E-state index contributed by atoms with van der Waals surface area (Å²) >= 11 is 0. The van der Waals surface area contributed by atoms with Gasteiger partial charge in [0.15, 0.2) is 0 Å². The predicted molar refractivity (Wildman–Crippen MR) is 91.3 cm³/mol. The first-order chi connectivity index (χ1) is 10.2. The van der Waals surface area contributed by atoms with Crippen LogP contribution < -0.4 is 5.32 Å². The molecular weight excluding hydrogens is 256 g/mol. The number of benzene rings is 1. The number of hydrogen-bond donors (Lipinski definition) is 1. The molecule has 0 atom stereocenters. The Kier molecular flexibility index (Phi) is 6.72. The van der Waals surface area contributed by atoms with Crippen molar-refractivity contribution in [3.05, 3.63) is 35.4 Å². The second-order valence-corrected chi connectivity index (χ2v) is 6.97. The van der Waals surface area contributed by atoms with Crippen LogP contribution in [0.1, 0.15) is 51.2 Å². The molecule has 1 N–H and O–H groups in total. The van der Waals surface area contributed by atoms with Crippen LogP contribution in [0.4, 0.5) is 0 Å². The van der Waals surface area contributed by atoms with Crippen LogP contribution in [0.25, 0.3) is 0 Å². The number of hydrogen-bond acceptors (Lipinski definition) is 2. The molecule has 1 heterocycles. The van der Waals surface area contributed by atoms with E-state index in [2.05, 4.69) is 55.3 Å². The van der Waals surface area contributed by atoms with Gasteiger partial charge >= 0.3 is 0 Å². The highest BCUT2D eigenvalue weighted by atomic mass is 15.1. The maximum Gasteiger partial charge on any atom is 0.0233 e. The molecule has 0 spiro atoms. The second-order valence-electron chi connectivity index (χ2n) is 6.97. The fourth-order valence-corrected chi connectivity index (χ4v) is 3.15. The Labute approximate surface area is 130 Å². The van der Waals surface area contributed by atoms with E-state index in [0.717, 1.165) is 25.6 Å². The summed E-state index contributed by atoms with van der Waals surface area (Å²) in [6.45, 7) is 12.6. The fourth-order valence-electron chi connectivity index (χ4n) is 3.15. The number of likely N-dealkylation sites (tertiary alicyclic amines) is 1. The first-order valence-electron chi connectivity index (χ1n) is 8.68. The topological polar surface area (TPSA) is 15.3 Å². The molecule has 21 heavy (non-hydrogen) atoms. The van der Waals surface area contributed by atoms with Gasteiger partial charge in [0.1, 0.15) is 0 Å². The standard InChI is InChI=1S/C19H32N2/c1-4-17-8-10-21(11-9-17)15-19-7-5-6-18(12-19)14-20-13-16(2)3/h5-7,12,16-17,20H,4,8-11,13-15H2,1-3H3. The Morgan fingerprint density at radius 3 is 2.57 bits per heavy atom. The van der Waals surface area contributed by atoms with Gasteiger partial charge in [-0.25, -0.2) is 0 Å². The molecule has 0 unspecified atom stereocenters. The van der Waals surface area contributed by atoms with Gasteiger partial charge in [0.05, 0.1) is 0 Å². The third-order valence-corrected chi connectivity index (χ3v) is 4.56. The Hall–Kier alpha value is -0.860. The monoisotopic (exact) mass is 288 g/mol. The summed E-state index contributed by atoms with van der Waals surface area (Å²) < 4.78 is 0. The zero-order chi connectivity index (χ0) is 15.1. The zero-order valence-electron chi connectivity index (χ0n) is 14.1. The van der Waals surface area contributed by atoms with E-state index in [1.165, 1.54) is 43.5 Å². The Bertz CT molecular complexity index is 406. The number of rotatable bonds is 7. The first-order valence-corrected chi connectivity index (χ1v) is 8.68. The van der Waals surface area contributed by atoms with Crippen LogP contribution in [0, 0.1) is 11.8 Å². The van der Waals surface area contributed by atoms with Crippen molar-refractivity contribution in [3.63, 3.8) is 0 Å². The summed E-state index contributed by atoms with van der Waals surface area (Å²) in [5, 5.41) is 3.53. The molecule has 0 bridgehead atoms. The molecule has 1 aliphatic heterocycles. The molecule has 2 heteroatoms. The second kappa shape index (κ2) is 8.55. The van der Waals surface area contributed by atoms with Gasteiger partial charge in [0.2, 0.25) is 0 Å². The molecule has 0 aliphatic carbocycles. The maximum atomic E-state index is 3.53. The summed E-state index contributed by atoms with van der Waals surface area (Å²) in [5.74, 6) is 1.68. The molecule has 118 valence electrons. The lowest BCUT2D eigenvalue weighted by Crippen LogP contribution is -2.33. The fraction of sp³-hybridized carbons (Fsp3) is 0.684. The van der Waals surface area contributed by atoms with Crippen LogP contribution in [0.2, 0.25) is 0 Å². The number of piperidine rings is 1. The molecule has 0 amide bonds. The van der Waals surface area contributed by atoms with E-state index in [1.807, 2.05) is 0 Å². The molecular formula is C19H32N2. The van der Waals surface area contributed by atoms with Crippen LogP contribution >= 0.6 is 0 Å². The van der Waals surface area contributed by atoms with Gasteiger partial charge in [-0.3, -0.25) is 4.90 Å².